The smallest absolute Gasteiger partial charge is 0.236 e. The van der Waals surface area contributed by atoms with E-state index in [4.69, 9.17) is 10.5 Å². The van der Waals surface area contributed by atoms with Gasteiger partial charge >= 0.3 is 0 Å². The fourth-order valence-corrected chi connectivity index (χ4v) is 2.56. The van der Waals surface area contributed by atoms with Crippen LogP contribution in [-0.2, 0) is 9.53 Å². The number of hydrogen-bond donors (Lipinski definition) is 2. The molecule has 2 rings (SSSR count). The van der Waals surface area contributed by atoms with Crippen LogP contribution >= 0.6 is 0 Å². The minimum absolute atomic E-state index is 0.00743. The molecule has 2 aliphatic carbocycles. The van der Waals surface area contributed by atoms with Crippen LogP contribution in [0.5, 0.6) is 0 Å². The average Bonchev–Trinajstić information content (AvgIpc) is 3.16. The van der Waals surface area contributed by atoms with E-state index in [1.807, 2.05) is 0 Å². The predicted octanol–water partition coefficient (Wildman–Crippen LogP) is 1.05. The van der Waals surface area contributed by atoms with E-state index < -0.39 is 0 Å². The third-order valence-corrected chi connectivity index (χ3v) is 4.15. The molecule has 3 N–H and O–H groups in total. The van der Waals surface area contributed by atoms with E-state index >= 15 is 0 Å². The van der Waals surface area contributed by atoms with Crippen molar-refractivity contribution in [2.45, 2.75) is 44.6 Å². The van der Waals surface area contributed by atoms with Crippen LogP contribution in [0.1, 0.15) is 38.5 Å². The molecule has 4 heteroatoms. The number of carbonyl (C=O) groups excluding carboxylic acids is 1. The Morgan fingerprint density at radius 2 is 2.24 bits per heavy atom. The second kappa shape index (κ2) is 5.36. The number of hydrogen-bond acceptors (Lipinski definition) is 3. The van der Waals surface area contributed by atoms with Gasteiger partial charge in [-0.3, -0.25) is 4.79 Å². The van der Waals surface area contributed by atoms with Crippen LogP contribution in [0.4, 0.5) is 0 Å². The van der Waals surface area contributed by atoms with Gasteiger partial charge in [0.05, 0.1) is 6.04 Å². The first-order valence-electron chi connectivity index (χ1n) is 6.70. The summed E-state index contributed by atoms with van der Waals surface area (Å²) in [7, 11) is 1.66. The molecule has 2 saturated carbocycles. The van der Waals surface area contributed by atoms with E-state index in [0.29, 0.717) is 18.4 Å². The molecule has 98 valence electrons. The monoisotopic (exact) mass is 240 g/mol. The number of rotatable bonds is 8. The second-order valence-corrected chi connectivity index (χ2v) is 5.60. The summed E-state index contributed by atoms with van der Waals surface area (Å²) in [5, 5.41) is 3.03. The van der Waals surface area contributed by atoms with Crippen molar-refractivity contribution in [1.29, 1.82) is 0 Å². The minimum atomic E-state index is -0.375. The molecule has 4 nitrogen and oxygen atoms in total. The quantitative estimate of drug-likeness (QED) is 0.623. The van der Waals surface area contributed by atoms with Gasteiger partial charge in [0.25, 0.3) is 0 Å². The fraction of sp³-hybridized carbons (Fsp3) is 0.923. The number of nitrogens with two attached hydrogens (primary N) is 1. The Morgan fingerprint density at radius 1 is 1.53 bits per heavy atom. The molecule has 2 fully saturated rings. The largest absolute Gasteiger partial charge is 0.385 e. The van der Waals surface area contributed by atoms with E-state index in [1.54, 1.807) is 7.11 Å². The summed E-state index contributed by atoms with van der Waals surface area (Å²) in [5.74, 6) is 0.889. The van der Waals surface area contributed by atoms with Crippen molar-refractivity contribution >= 4 is 5.91 Å². The van der Waals surface area contributed by atoms with Crippen molar-refractivity contribution < 1.29 is 9.53 Å². The molecule has 0 spiro atoms. The van der Waals surface area contributed by atoms with Crippen LogP contribution in [0, 0.1) is 11.3 Å². The van der Waals surface area contributed by atoms with Crippen LogP contribution in [0.3, 0.4) is 0 Å². The minimum Gasteiger partial charge on any atom is -0.385 e. The Morgan fingerprint density at radius 3 is 2.76 bits per heavy atom. The molecule has 0 heterocycles. The molecular weight excluding hydrogens is 216 g/mol. The topological polar surface area (TPSA) is 64.3 Å². The van der Waals surface area contributed by atoms with Gasteiger partial charge in [0.15, 0.2) is 0 Å². The summed E-state index contributed by atoms with van der Waals surface area (Å²) < 4.78 is 4.95. The van der Waals surface area contributed by atoms with E-state index in [1.165, 1.54) is 25.7 Å². The highest BCUT2D eigenvalue weighted by Crippen LogP contribution is 2.60. The fourth-order valence-electron chi connectivity index (χ4n) is 2.56. The molecule has 0 saturated heterocycles. The second-order valence-electron chi connectivity index (χ2n) is 5.60. The van der Waals surface area contributed by atoms with Crippen molar-refractivity contribution in [2.75, 3.05) is 20.3 Å². The first-order valence-corrected chi connectivity index (χ1v) is 6.70. The molecule has 1 amide bonds. The standard InChI is InChI=1S/C13H24N2O2/c1-17-8-2-3-11(14)12(16)15-9-13(6-7-13)10-4-5-10/h10-11H,2-9,14H2,1H3,(H,15,16). The van der Waals surface area contributed by atoms with Gasteiger partial charge in [0, 0.05) is 20.3 Å². The van der Waals surface area contributed by atoms with Gasteiger partial charge in [0.2, 0.25) is 5.91 Å². The summed E-state index contributed by atoms with van der Waals surface area (Å²) in [6.45, 7) is 1.52. The van der Waals surface area contributed by atoms with Gasteiger partial charge in [0.1, 0.15) is 0 Å². The van der Waals surface area contributed by atoms with Gasteiger partial charge < -0.3 is 15.8 Å². The van der Waals surface area contributed by atoms with Crippen molar-refractivity contribution in [3.63, 3.8) is 0 Å². The summed E-state index contributed by atoms with van der Waals surface area (Å²) in [5.41, 5.74) is 6.29. The number of nitrogens with one attached hydrogen (secondary N) is 1. The van der Waals surface area contributed by atoms with Crippen LogP contribution in [-0.4, -0.2) is 32.2 Å². The van der Waals surface area contributed by atoms with Gasteiger partial charge in [-0.2, -0.15) is 0 Å². The number of ether oxygens (including phenoxy) is 1. The van der Waals surface area contributed by atoms with Gasteiger partial charge in [-0.15, -0.1) is 0 Å². The maximum Gasteiger partial charge on any atom is 0.236 e. The molecule has 2 aliphatic rings. The molecule has 0 aromatic rings. The maximum absolute atomic E-state index is 11.8. The molecule has 1 atom stereocenters. The molecule has 17 heavy (non-hydrogen) atoms. The Hall–Kier alpha value is -0.610. The Bertz CT molecular complexity index is 273. The Kier molecular flexibility index (Phi) is 4.05. The molecule has 1 unspecified atom stereocenters. The molecule has 0 bridgehead atoms. The Labute approximate surface area is 103 Å². The summed E-state index contributed by atoms with van der Waals surface area (Å²) in [6.07, 6.45) is 6.84. The molecule has 0 aromatic carbocycles. The third kappa shape index (κ3) is 3.42. The molecule has 0 aliphatic heterocycles. The van der Waals surface area contributed by atoms with Crippen molar-refractivity contribution in [3.8, 4) is 0 Å². The first-order chi connectivity index (χ1) is 8.18. The third-order valence-electron chi connectivity index (χ3n) is 4.15. The lowest BCUT2D eigenvalue weighted by molar-refractivity contribution is -0.122. The Balaban J connectivity index is 1.63. The van der Waals surface area contributed by atoms with Crippen molar-refractivity contribution in [1.82, 2.24) is 5.32 Å². The molecule has 0 radical (unpaired) electrons. The number of amides is 1. The molecular formula is C13H24N2O2. The highest BCUT2D eigenvalue weighted by atomic mass is 16.5. The van der Waals surface area contributed by atoms with Gasteiger partial charge in [-0.25, -0.2) is 0 Å². The van der Waals surface area contributed by atoms with Crippen LogP contribution < -0.4 is 11.1 Å². The SMILES string of the molecule is COCCCC(N)C(=O)NCC1(C2CC2)CC1. The lowest BCUT2D eigenvalue weighted by Crippen LogP contribution is -2.43. The van der Waals surface area contributed by atoms with Crippen LogP contribution in [0.25, 0.3) is 0 Å². The zero-order valence-corrected chi connectivity index (χ0v) is 10.7. The van der Waals surface area contributed by atoms with E-state index in [2.05, 4.69) is 5.32 Å². The molecule has 0 aromatic heterocycles. The first kappa shape index (κ1) is 12.8. The van der Waals surface area contributed by atoms with Crippen molar-refractivity contribution in [3.05, 3.63) is 0 Å². The number of carbonyl (C=O) groups is 1. The lowest BCUT2D eigenvalue weighted by Gasteiger charge is -2.17. The average molecular weight is 240 g/mol. The number of methoxy groups -OCH3 is 1. The van der Waals surface area contributed by atoms with Crippen LogP contribution in [0.15, 0.2) is 0 Å². The zero-order chi connectivity index (χ0) is 12.3. The van der Waals surface area contributed by atoms with E-state index in [-0.39, 0.29) is 11.9 Å². The summed E-state index contributed by atoms with van der Waals surface area (Å²) in [4.78, 5) is 11.8. The maximum atomic E-state index is 11.8. The highest BCUT2D eigenvalue weighted by molar-refractivity contribution is 5.81. The van der Waals surface area contributed by atoms with Gasteiger partial charge in [-0.1, -0.05) is 0 Å². The highest BCUT2D eigenvalue weighted by Gasteiger charge is 2.53. The summed E-state index contributed by atoms with van der Waals surface area (Å²) >= 11 is 0. The van der Waals surface area contributed by atoms with Gasteiger partial charge in [-0.05, 0) is 49.9 Å². The zero-order valence-electron chi connectivity index (χ0n) is 10.7. The lowest BCUT2D eigenvalue weighted by atomic mass is 10.0. The van der Waals surface area contributed by atoms with E-state index in [9.17, 15) is 4.79 Å². The van der Waals surface area contributed by atoms with Crippen LogP contribution in [0.2, 0.25) is 0 Å². The normalized spacial score (nSPS) is 23.2. The van der Waals surface area contributed by atoms with Crippen molar-refractivity contribution in [2.24, 2.45) is 17.1 Å². The van der Waals surface area contributed by atoms with E-state index in [0.717, 1.165) is 18.9 Å². The summed E-state index contributed by atoms with van der Waals surface area (Å²) in [6, 6.07) is -0.375. The predicted molar refractivity (Wildman–Crippen MR) is 66.5 cm³/mol.